The number of halogens is 1. The first-order valence-electron chi connectivity index (χ1n) is 7.19. The fourth-order valence-electron chi connectivity index (χ4n) is 2.53. The normalized spacial score (nSPS) is 14.5. The van der Waals surface area contributed by atoms with Crippen LogP contribution in [-0.2, 0) is 17.4 Å². The molecule has 0 fully saturated rings. The second-order valence-electron chi connectivity index (χ2n) is 6.08. The van der Waals surface area contributed by atoms with Crippen molar-refractivity contribution in [2.75, 3.05) is 0 Å². The molecule has 3 nitrogen and oxygen atoms in total. The fraction of sp³-hybridized carbons (Fsp3) is 0.353. The number of rotatable bonds is 6. The van der Waals surface area contributed by atoms with Crippen molar-refractivity contribution in [2.45, 2.75) is 37.4 Å². The second kappa shape index (κ2) is 7.49. The lowest BCUT2D eigenvalue weighted by atomic mass is 9.86. The highest BCUT2D eigenvalue weighted by atomic mass is 79.9. The molecule has 0 aliphatic carbocycles. The van der Waals surface area contributed by atoms with Gasteiger partial charge in [0.05, 0.1) is 15.7 Å². The summed E-state index contributed by atoms with van der Waals surface area (Å²) in [5.41, 5.74) is 2.39. The molecule has 2 aromatic rings. The molecule has 1 aromatic heterocycles. The molecule has 2 rings (SSSR count). The van der Waals surface area contributed by atoms with Gasteiger partial charge >= 0.3 is 0 Å². The lowest BCUT2D eigenvalue weighted by molar-refractivity contribution is 0.513. The zero-order chi connectivity index (χ0) is 16.2. The van der Waals surface area contributed by atoms with E-state index < -0.39 is 15.7 Å². The van der Waals surface area contributed by atoms with Gasteiger partial charge in [0.25, 0.3) is 0 Å². The Hall–Kier alpha value is -1.04. The molecule has 5 heteroatoms. The largest absolute Gasteiger partial charge is 0.263 e. The molecular formula is C17H21BrN2OS. The van der Waals surface area contributed by atoms with Gasteiger partial charge in [-0.05, 0) is 65.7 Å². The van der Waals surface area contributed by atoms with Crippen molar-refractivity contribution >= 4 is 26.9 Å². The van der Waals surface area contributed by atoms with Crippen LogP contribution in [0.4, 0.5) is 0 Å². The van der Waals surface area contributed by atoms with Crippen LogP contribution in [-0.4, -0.2) is 13.9 Å². The van der Waals surface area contributed by atoms with Crippen molar-refractivity contribution in [1.82, 2.24) is 4.98 Å². The van der Waals surface area contributed by atoms with Gasteiger partial charge in [-0.2, -0.15) is 0 Å². The highest BCUT2D eigenvalue weighted by Crippen LogP contribution is 2.32. The molecule has 118 valence electrons. The van der Waals surface area contributed by atoms with Crippen molar-refractivity contribution < 1.29 is 4.21 Å². The number of pyridine rings is 1. The summed E-state index contributed by atoms with van der Waals surface area (Å²) >= 11 is 3.48. The lowest BCUT2D eigenvalue weighted by Gasteiger charge is -2.27. The summed E-state index contributed by atoms with van der Waals surface area (Å²) in [6.45, 7) is 3.90. The van der Waals surface area contributed by atoms with Gasteiger partial charge in [-0.15, -0.1) is 0 Å². The SMILES string of the molecule is CC(C)(C[C@H](Cc1ccccc1)c1cncc(Br)c1)S(N)=O. The summed E-state index contributed by atoms with van der Waals surface area (Å²) in [4.78, 5) is 4.27. The van der Waals surface area contributed by atoms with Crippen LogP contribution in [0.15, 0.2) is 53.3 Å². The van der Waals surface area contributed by atoms with Crippen molar-refractivity contribution in [3.05, 3.63) is 64.4 Å². The summed E-state index contributed by atoms with van der Waals surface area (Å²) in [6.07, 6.45) is 5.27. The minimum atomic E-state index is -1.37. The summed E-state index contributed by atoms with van der Waals surface area (Å²) in [5, 5.41) is 5.67. The van der Waals surface area contributed by atoms with E-state index in [-0.39, 0.29) is 5.92 Å². The first-order valence-corrected chi connectivity index (χ1v) is 9.20. The quantitative estimate of drug-likeness (QED) is 0.824. The molecule has 22 heavy (non-hydrogen) atoms. The Kier molecular flexibility index (Phi) is 5.89. The third kappa shape index (κ3) is 4.73. The molecule has 2 N–H and O–H groups in total. The molecule has 0 saturated heterocycles. The lowest BCUT2D eigenvalue weighted by Crippen LogP contribution is -2.34. The summed E-state index contributed by atoms with van der Waals surface area (Å²) in [5.74, 6) is 0.217. The van der Waals surface area contributed by atoms with Crippen LogP contribution in [0, 0.1) is 0 Å². The molecule has 2 atom stereocenters. The van der Waals surface area contributed by atoms with Crippen LogP contribution >= 0.6 is 15.9 Å². The van der Waals surface area contributed by atoms with Gasteiger partial charge in [0, 0.05) is 16.9 Å². The maximum absolute atomic E-state index is 11.8. The highest BCUT2D eigenvalue weighted by Gasteiger charge is 2.29. The maximum Gasteiger partial charge on any atom is 0.0945 e. The Morgan fingerprint density at radius 1 is 1.27 bits per heavy atom. The molecule has 0 amide bonds. The zero-order valence-electron chi connectivity index (χ0n) is 12.8. The molecule has 0 aliphatic heterocycles. The Labute approximate surface area is 143 Å². The number of benzene rings is 1. The number of aromatic nitrogens is 1. The average Bonchev–Trinajstić information content (AvgIpc) is 2.47. The van der Waals surface area contributed by atoms with E-state index in [4.69, 9.17) is 5.14 Å². The average molecular weight is 381 g/mol. The van der Waals surface area contributed by atoms with Crippen LogP contribution < -0.4 is 5.14 Å². The van der Waals surface area contributed by atoms with E-state index in [0.717, 1.165) is 22.9 Å². The van der Waals surface area contributed by atoms with Gasteiger partial charge in [0.1, 0.15) is 0 Å². The molecule has 1 aromatic carbocycles. The zero-order valence-corrected chi connectivity index (χ0v) is 15.2. The van der Waals surface area contributed by atoms with Crippen LogP contribution in [0.3, 0.4) is 0 Å². The van der Waals surface area contributed by atoms with Gasteiger partial charge in [-0.25, -0.2) is 4.21 Å². The van der Waals surface area contributed by atoms with Crippen LogP contribution in [0.25, 0.3) is 0 Å². The van der Waals surface area contributed by atoms with Gasteiger partial charge in [0.2, 0.25) is 0 Å². The predicted molar refractivity (Wildman–Crippen MR) is 95.8 cm³/mol. The Balaban J connectivity index is 2.30. The van der Waals surface area contributed by atoms with E-state index in [0.29, 0.717) is 0 Å². The third-order valence-electron chi connectivity index (χ3n) is 3.80. The minimum absolute atomic E-state index is 0.217. The molecule has 0 saturated carbocycles. The summed E-state index contributed by atoms with van der Waals surface area (Å²) in [6, 6.07) is 12.4. The maximum atomic E-state index is 11.8. The van der Waals surface area contributed by atoms with E-state index in [1.807, 2.05) is 38.2 Å². The first-order chi connectivity index (χ1) is 10.4. The molecule has 1 heterocycles. The number of nitrogens with zero attached hydrogens (tertiary/aromatic N) is 1. The second-order valence-corrected chi connectivity index (χ2v) is 8.70. The molecule has 0 spiro atoms. The smallest absolute Gasteiger partial charge is 0.0945 e. The van der Waals surface area contributed by atoms with Crippen molar-refractivity contribution in [3.63, 3.8) is 0 Å². The van der Waals surface area contributed by atoms with Crippen LogP contribution in [0.1, 0.15) is 37.3 Å². The van der Waals surface area contributed by atoms with E-state index >= 15 is 0 Å². The van der Waals surface area contributed by atoms with Gasteiger partial charge in [-0.1, -0.05) is 30.3 Å². The molecular weight excluding hydrogens is 360 g/mol. The van der Waals surface area contributed by atoms with E-state index in [9.17, 15) is 4.21 Å². The van der Waals surface area contributed by atoms with E-state index in [1.165, 1.54) is 5.56 Å². The first kappa shape index (κ1) is 17.3. The number of hydrogen-bond donors (Lipinski definition) is 1. The number of nitrogens with two attached hydrogens (primary N) is 1. The molecule has 0 radical (unpaired) electrons. The topological polar surface area (TPSA) is 56.0 Å². The van der Waals surface area contributed by atoms with Gasteiger partial charge in [0.15, 0.2) is 0 Å². The highest BCUT2D eigenvalue weighted by molar-refractivity contribution is 9.10. The Morgan fingerprint density at radius 2 is 1.95 bits per heavy atom. The Morgan fingerprint density at radius 3 is 2.55 bits per heavy atom. The third-order valence-corrected chi connectivity index (χ3v) is 5.49. The van der Waals surface area contributed by atoms with E-state index in [2.05, 4.69) is 39.1 Å². The summed E-state index contributed by atoms with van der Waals surface area (Å²) in [7, 11) is -1.37. The van der Waals surface area contributed by atoms with Gasteiger partial charge in [-0.3, -0.25) is 10.1 Å². The molecule has 0 aliphatic rings. The monoisotopic (exact) mass is 380 g/mol. The standard InChI is InChI=1S/C17H21BrN2OS/c1-17(2,22(19)21)10-14(8-13-6-4-3-5-7-13)15-9-16(18)12-20-11-15/h3-7,9,11-12,14H,8,10,19H2,1-2H3/t14-,22?/m0/s1. The van der Waals surface area contributed by atoms with E-state index in [1.54, 1.807) is 6.20 Å². The van der Waals surface area contributed by atoms with Crippen molar-refractivity contribution in [2.24, 2.45) is 5.14 Å². The molecule has 0 bridgehead atoms. The summed E-state index contributed by atoms with van der Waals surface area (Å²) < 4.78 is 12.3. The van der Waals surface area contributed by atoms with Crippen LogP contribution in [0.5, 0.6) is 0 Å². The Bertz CT molecular complexity index is 646. The van der Waals surface area contributed by atoms with Crippen LogP contribution in [0.2, 0.25) is 0 Å². The minimum Gasteiger partial charge on any atom is -0.263 e. The fourth-order valence-corrected chi connectivity index (χ4v) is 3.28. The van der Waals surface area contributed by atoms with Crippen molar-refractivity contribution in [3.8, 4) is 0 Å². The number of hydrogen-bond acceptors (Lipinski definition) is 2. The van der Waals surface area contributed by atoms with Crippen molar-refractivity contribution in [1.29, 1.82) is 0 Å². The van der Waals surface area contributed by atoms with Gasteiger partial charge < -0.3 is 0 Å². The predicted octanol–water partition coefficient (Wildman–Crippen LogP) is 3.96. The molecule has 1 unspecified atom stereocenters.